The summed E-state index contributed by atoms with van der Waals surface area (Å²) in [5.41, 5.74) is 7.64. The number of nitrogen functional groups attached to an aromatic ring is 1. The third-order valence-electron chi connectivity index (χ3n) is 6.17. The van der Waals surface area contributed by atoms with Gasteiger partial charge in [0, 0.05) is 57.2 Å². The first-order chi connectivity index (χ1) is 15.8. The van der Waals surface area contributed by atoms with Gasteiger partial charge in [0.25, 0.3) is 0 Å². The van der Waals surface area contributed by atoms with E-state index in [2.05, 4.69) is 22.2 Å². The summed E-state index contributed by atoms with van der Waals surface area (Å²) in [5, 5.41) is 2.78. The number of rotatable bonds is 6. The lowest BCUT2D eigenvalue weighted by molar-refractivity contribution is -0.142. The number of carbonyl (C=O) groups excluding carboxylic acids is 2. The zero-order valence-corrected chi connectivity index (χ0v) is 20.0. The van der Waals surface area contributed by atoms with Crippen LogP contribution in [-0.2, 0) is 9.53 Å². The van der Waals surface area contributed by atoms with E-state index in [0.29, 0.717) is 24.8 Å². The average Bonchev–Trinajstić information content (AvgIpc) is 2.80. The summed E-state index contributed by atoms with van der Waals surface area (Å²) in [6.07, 6.45) is 6.47. The third-order valence-corrected chi connectivity index (χ3v) is 6.17. The molecule has 2 fully saturated rings. The monoisotopic (exact) mass is 455 g/mol. The second-order valence-electron chi connectivity index (χ2n) is 9.02. The van der Waals surface area contributed by atoms with E-state index < -0.39 is 5.97 Å². The summed E-state index contributed by atoms with van der Waals surface area (Å²) in [7, 11) is 2.16. The molecule has 1 aromatic carbocycles. The number of likely N-dealkylation sites (N-methyl/N-ethyl adjacent to an activating group) is 1. The molecule has 0 spiro atoms. The summed E-state index contributed by atoms with van der Waals surface area (Å²) in [5.74, 6) is -0.496. The minimum atomic E-state index is -0.496. The molecule has 0 saturated carbocycles. The molecule has 3 N–H and O–H groups in total. The van der Waals surface area contributed by atoms with E-state index in [9.17, 15) is 9.59 Å². The molecular formula is C25H37N5O3. The van der Waals surface area contributed by atoms with Crippen LogP contribution in [0.4, 0.5) is 10.5 Å². The second kappa shape index (κ2) is 11.9. The van der Waals surface area contributed by atoms with Crippen molar-refractivity contribution in [2.24, 2.45) is 0 Å². The Morgan fingerprint density at radius 2 is 1.76 bits per heavy atom. The van der Waals surface area contributed by atoms with Crippen LogP contribution in [0.5, 0.6) is 0 Å². The zero-order valence-electron chi connectivity index (χ0n) is 20.0. The van der Waals surface area contributed by atoms with Crippen LogP contribution in [0.1, 0.15) is 32.3 Å². The molecule has 0 aromatic heterocycles. The van der Waals surface area contributed by atoms with Crippen LogP contribution in [0.25, 0.3) is 6.08 Å². The first kappa shape index (κ1) is 24.8. The van der Waals surface area contributed by atoms with E-state index in [1.807, 2.05) is 23.1 Å². The molecule has 33 heavy (non-hydrogen) atoms. The first-order valence-corrected chi connectivity index (χ1v) is 11.7. The van der Waals surface area contributed by atoms with Gasteiger partial charge in [-0.15, -0.1) is 0 Å². The first-order valence-electron chi connectivity index (χ1n) is 11.7. The number of amides is 2. The highest BCUT2D eigenvalue weighted by Crippen LogP contribution is 2.18. The number of hydrogen-bond donors (Lipinski definition) is 2. The Morgan fingerprint density at radius 1 is 1.09 bits per heavy atom. The molecule has 0 unspecified atom stereocenters. The summed E-state index contributed by atoms with van der Waals surface area (Å²) in [6, 6.07) is 7.72. The number of likely N-dealkylation sites (tertiary alicyclic amines) is 1. The molecule has 8 nitrogen and oxygen atoms in total. The van der Waals surface area contributed by atoms with Crippen molar-refractivity contribution in [3.05, 3.63) is 47.7 Å². The van der Waals surface area contributed by atoms with E-state index in [4.69, 9.17) is 10.5 Å². The molecule has 180 valence electrons. The summed E-state index contributed by atoms with van der Waals surface area (Å²) in [4.78, 5) is 32.0. The Bertz CT molecular complexity index is 867. The van der Waals surface area contributed by atoms with Crippen molar-refractivity contribution in [2.45, 2.75) is 38.8 Å². The van der Waals surface area contributed by atoms with Gasteiger partial charge in [-0.2, -0.15) is 0 Å². The second-order valence-corrected chi connectivity index (χ2v) is 9.02. The third kappa shape index (κ3) is 7.33. The van der Waals surface area contributed by atoms with Crippen LogP contribution in [-0.4, -0.2) is 85.2 Å². The average molecular weight is 456 g/mol. The van der Waals surface area contributed by atoms with E-state index in [-0.39, 0.29) is 17.7 Å². The maximum absolute atomic E-state index is 12.8. The summed E-state index contributed by atoms with van der Waals surface area (Å²) in [6.45, 7) is 9.38. The number of urea groups is 1. The van der Waals surface area contributed by atoms with Crippen molar-refractivity contribution in [2.75, 3.05) is 52.0 Å². The molecule has 3 rings (SSSR count). The maximum atomic E-state index is 12.8. The number of hydrogen-bond acceptors (Lipinski definition) is 6. The number of para-hydroxylation sites is 1. The molecule has 2 aliphatic heterocycles. The summed E-state index contributed by atoms with van der Waals surface area (Å²) >= 11 is 0. The van der Waals surface area contributed by atoms with Gasteiger partial charge in [0.2, 0.25) is 0 Å². The quantitative estimate of drug-likeness (QED) is 0.297. The minimum absolute atomic E-state index is 0.200. The number of piperazine rings is 1. The smallest absolute Gasteiger partial charge is 0.339 e. The SMILES string of the molecule is CC(C)OC(=O)C(/C=C/c1ccccc1N)=C/NC(=O)N1CCC(N2CCN(C)CC2)CC1. The molecule has 0 atom stereocenters. The van der Waals surface area contributed by atoms with Crippen LogP contribution in [0, 0.1) is 0 Å². The molecule has 0 aliphatic carbocycles. The van der Waals surface area contributed by atoms with Crippen LogP contribution in [0.15, 0.2) is 42.1 Å². The van der Waals surface area contributed by atoms with Crippen molar-refractivity contribution < 1.29 is 14.3 Å². The van der Waals surface area contributed by atoms with E-state index in [0.717, 1.165) is 44.6 Å². The van der Waals surface area contributed by atoms with Gasteiger partial charge in [0.15, 0.2) is 0 Å². The number of esters is 1. The number of nitrogens with two attached hydrogens (primary N) is 1. The Kier molecular flexibility index (Phi) is 8.91. The molecule has 2 heterocycles. The number of ether oxygens (including phenoxy) is 1. The molecule has 2 aliphatic rings. The number of piperidine rings is 1. The van der Waals surface area contributed by atoms with Gasteiger partial charge < -0.3 is 25.6 Å². The summed E-state index contributed by atoms with van der Waals surface area (Å²) < 4.78 is 5.33. The van der Waals surface area contributed by atoms with Crippen LogP contribution in [0.3, 0.4) is 0 Å². The van der Waals surface area contributed by atoms with Crippen LogP contribution >= 0.6 is 0 Å². The topological polar surface area (TPSA) is 91.1 Å². The highest BCUT2D eigenvalue weighted by atomic mass is 16.5. The van der Waals surface area contributed by atoms with Crippen LogP contribution < -0.4 is 11.1 Å². The van der Waals surface area contributed by atoms with Crippen molar-refractivity contribution in [1.29, 1.82) is 0 Å². The molecule has 2 amide bonds. The molecule has 2 saturated heterocycles. The van der Waals surface area contributed by atoms with E-state index in [1.165, 1.54) is 6.20 Å². The normalized spacial score (nSPS) is 19.3. The van der Waals surface area contributed by atoms with Gasteiger partial charge in [0.05, 0.1) is 11.7 Å². The Morgan fingerprint density at radius 3 is 2.39 bits per heavy atom. The number of carbonyl (C=O) groups is 2. The predicted octanol–water partition coefficient (Wildman–Crippen LogP) is 2.54. The fourth-order valence-corrected chi connectivity index (χ4v) is 4.15. The fraction of sp³-hybridized carbons (Fsp3) is 0.520. The fourth-order valence-electron chi connectivity index (χ4n) is 4.15. The lowest BCUT2D eigenvalue weighted by Crippen LogP contribution is -2.53. The maximum Gasteiger partial charge on any atom is 0.339 e. The van der Waals surface area contributed by atoms with Crippen LogP contribution in [0.2, 0.25) is 0 Å². The highest BCUT2D eigenvalue weighted by molar-refractivity contribution is 5.94. The largest absolute Gasteiger partial charge is 0.459 e. The van der Waals surface area contributed by atoms with Crippen molar-refractivity contribution >= 4 is 23.8 Å². The molecule has 1 aromatic rings. The lowest BCUT2D eigenvalue weighted by Gasteiger charge is -2.41. The van der Waals surface area contributed by atoms with Gasteiger partial charge >= 0.3 is 12.0 Å². The van der Waals surface area contributed by atoms with Gasteiger partial charge in [-0.3, -0.25) is 4.90 Å². The van der Waals surface area contributed by atoms with Gasteiger partial charge in [-0.05, 0) is 51.4 Å². The minimum Gasteiger partial charge on any atom is -0.459 e. The van der Waals surface area contributed by atoms with Crippen molar-refractivity contribution in [3.8, 4) is 0 Å². The number of nitrogens with one attached hydrogen (secondary N) is 1. The molecule has 0 radical (unpaired) electrons. The molecule has 8 heteroatoms. The standard InChI is InChI=1S/C25H37N5O3/c1-19(2)33-24(31)21(9-8-20-6-4-5-7-23(20)26)18-27-25(32)30-12-10-22(11-13-30)29-16-14-28(3)15-17-29/h4-9,18-19,22H,10-17,26H2,1-3H3,(H,27,32)/b9-8+,21-18+. The van der Waals surface area contributed by atoms with E-state index in [1.54, 1.807) is 32.1 Å². The van der Waals surface area contributed by atoms with Gasteiger partial charge in [0.1, 0.15) is 0 Å². The number of nitrogens with zero attached hydrogens (tertiary/aromatic N) is 3. The van der Waals surface area contributed by atoms with E-state index >= 15 is 0 Å². The number of benzene rings is 1. The predicted molar refractivity (Wildman–Crippen MR) is 131 cm³/mol. The molecular weight excluding hydrogens is 418 g/mol. The Hall–Kier alpha value is -2.84. The van der Waals surface area contributed by atoms with Gasteiger partial charge in [-0.1, -0.05) is 24.3 Å². The van der Waals surface area contributed by atoms with Crippen molar-refractivity contribution in [3.63, 3.8) is 0 Å². The number of anilines is 1. The van der Waals surface area contributed by atoms with Crippen molar-refractivity contribution in [1.82, 2.24) is 20.0 Å². The lowest BCUT2D eigenvalue weighted by atomic mass is 10.0. The molecule has 0 bridgehead atoms. The van der Waals surface area contributed by atoms with Gasteiger partial charge in [-0.25, -0.2) is 9.59 Å². The Balaban J connectivity index is 1.59. The zero-order chi connectivity index (χ0) is 23.8. The highest BCUT2D eigenvalue weighted by Gasteiger charge is 2.28. The Labute approximate surface area is 197 Å².